The van der Waals surface area contributed by atoms with Crippen LogP contribution in [0.3, 0.4) is 0 Å². The summed E-state index contributed by atoms with van der Waals surface area (Å²) >= 11 is 14.0. The van der Waals surface area contributed by atoms with E-state index in [0.717, 1.165) is 11.3 Å². The number of benzene rings is 2. The van der Waals surface area contributed by atoms with E-state index in [1.54, 1.807) is 25.3 Å². The van der Waals surface area contributed by atoms with E-state index in [0.29, 0.717) is 39.0 Å². The van der Waals surface area contributed by atoms with E-state index in [1.165, 1.54) is 11.8 Å². The van der Waals surface area contributed by atoms with Crippen molar-refractivity contribution in [3.05, 3.63) is 63.9 Å². The lowest BCUT2D eigenvalue weighted by molar-refractivity contribution is 0.240. The maximum absolute atomic E-state index is 11.8. The molecule has 0 aliphatic carbocycles. The van der Waals surface area contributed by atoms with Gasteiger partial charge in [-0.15, -0.1) is 10.2 Å². The molecule has 1 aromatic heterocycles. The van der Waals surface area contributed by atoms with Gasteiger partial charge in [-0.2, -0.15) is 0 Å². The van der Waals surface area contributed by atoms with Gasteiger partial charge >= 0.3 is 6.03 Å². The Hall–Kier alpha value is -2.42. The quantitative estimate of drug-likeness (QED) is 0.471. The molecule has 0 bridgehead atoms. The van der Waals surface area contributed by atoms with E-state index >= 15 is 0 Å². The van der Waals surface area contributed by atoms with Crippen LogP contribution in [0.25, 0.3) is 5.69 Å². The highest BCUT2D eigenvalue weighted by atomic mass is 35.5. The Balaban J connectivity index is 1.89. The molecule has 7 nitrogen and oxygen atoms in total. The molecule has 0 saturated heterocycles. The number of nitrogens with one attached hydrogen (secondary N) is 2. The van der Waals surface area contributed by atoms with Crippen molar-refractivity contribution in [2.75, 3.05) is 13.7 Å². The number of carbonyl (C=O) groups is 1. The molecule has 0 unspecified atom stereocenters. The maximum Gasteiger partial charge on any atom is 0.315 e. The first-order valence-corrected chi connectivity index (χ1v) is 10.9. The summed E-state index contributed by atoms with van der Waals surface area (Å²) in [7, 11) is 1.64. The van der Waals surface area contributed by atoms with Crippen LogP contribution in [0.1, 0.15) is 18.3 Å². The van der Waals surface area contributed by atoms with Crippen LogP contribution < -0.4 is 15.4 Å². The Kier molecular flexibility index (Phi) is 7.84. The SMILES string of the molecule is CCNC(=O)NCc1nnc(SCc2cccc(OC)c2)n1-c1ccc(Cl)cc1Cl. The molecule has 3 aromatic rings. The summed E-state index contributed by atoms with van der Waals surface area (Å²) in [4.78, 5) is 11.8. The zero-order valence-electron chi connectivity index (χ0n) is 16.5. The topological polar surface area (TPSA) is 81.1 Å². The third kappa shape index (κ3) is 5.59. The third-order valence-electron chi connectivity index (χ3n) is 4.10. The van der Waals surface area contributed by atoms with E-state index in [4.69, 9.17) is 27.9 Å². The highest BCUT2D eigenvalue weighted by Gasteiger charge is 2.18. The number of ether oxygens (including phenoxy) is 1. The third-order valence-corrected chi connectivity index (χ3v) is 5.64. The number of nitrogens with zero attached hydrogens (tertiary/aromatic N) is 3. The lowest BCUT2D eigenvalue weighted by atomic mass is 10.2. The molecule has 30 heavy (non-hydrogen) atoms. The maximum atomic E-state index is 11.8. The number of urea groups is 1. The van der Waals surface area contributed by atoms with Crippen molar-refractivity contribution in [3.63, 3.8) is 0 Å². The first-order chi connectivity index (χ1) is 14.5. The summed E-state index contributed by atoms with van der Waals surface area (Å²) in [5.41, 5.74) is 1.77. The van der Waals surface area contributed by atoms with E-state index < -0.39 is 0 Å². The molecule has 0 spiro atoms. The summed E-state index contributed by atoms with van der Waals surface area (Å²) in [5.74, 6) is 2.00. The van der Waals surface area contributed by atoms with Crippen LogP contribution in [-0.2, 0) is 12.3 Å². The summed E-state index contributed by atoms with van der Waals surface area (Å²) in [6.45, 7) is 2.57. The Bertz CT molecular complexity index is 1030. The van der Waals surface area contributed by atoms with E-state index in [-0.39, 0.29) is 12.6 Å². The second kappa shape index (κ2) is 10.6. The molecule has 3 rings (SSSR count). The second-order valence-corrected chi connectivity index (χ2v) is 7.97. The zero-order chi connectivity index (χ0) is 21.5. The van der Waals surface area contributed by atoms with E-state index in [9.17, 15) is 4.79 Å². The summed E-state index contributed by atoms with van der Waals surface area (Å²) in [6, 6.07) is 12.8. The number of halogens is 2. The Morgan fingerprint density at radius 3 is 2.73 bits per heavy atom. The molecule has 2 amide bonds. The van der Waals surface area contributed by atoms with Crippen molar-refractivity contribution in [2.24, 2.45) is 0 Å². The van der Waals surface area contributed by atoms with Gasteiger partial charge in [-0.1, -0.05) is 47.1 Å². The number of thioether (sulfide) groups is 1. The Morgan fingerprint density at radius 1 is 1.17 bits per heavy atom. The van der Waals surface area contributed by atoms with Crippen LogP contribution in [0.5, 0.6) is 5.75 Å². The summed E-state index contributed by atoms with van der Waals surface area (Å²) in [6.07, 6.45) is 0. The molecule has 10 heteroatoms. The molecule has 2 N–H and O–H groups in total. The highest BCUT2D eigenvalue weighted by molar-refractivity contribution is 7.98. The highest BCUT2D eigenvalue weighted by Crippen LogP contribution is 2.31. The van der Waals surface area contributed by atoms with Gasteiger partial charge in [0, 0.05) is 17.3 Å². The van der Waals surface area contributed by atoms with Crippen LogP contribution in [0.2, 0.25) is 10.0 Å². The van der Waals surface area contributed by atoms with Crippen LogP contribution in [0.15, 0.2) is 47.6 Å². The van der Waals surface area contributed by atoms with Crippen LogP contribution in [-0.4, -0.2) is 34.5 Å². The van der Waals surface area contributed by atoms with Gasteiger partial charge in [-0.3, -0.25) is 4.57 Å². The molecule has 0 radical (unpaired) electrons. The predicted molar refractivity (Wildman–Crippen MR) is 120 cm³/mol. The number of hydrogen-bond donors (Lipinski definition) is 2. The van der Waals surface area contributed by atoms with Gasteiger partial charge in [0.1, 0.15) is 5.75 Å². The molecule has 1 heterocycles. The fourth-order valence-corrected chi connectivity index (χ4v) is 4.11. The van der Waals surface area contributed by atoms with Crippen LogP contribution in [0, 0.1) is 0 Å². The first kappa shape index (κ1) is 22.3. The van der Waals surface area contributed by atoms with Gasteiger partial charge in [0.2, 0.25) is 0 Å². The Morgan fingerprint density at radius 2 is 2.00 bits per heavy atom. The van der Waals surface area contributed by atoms with Gasteiger partial charge in [-0.25, -0.2) is 4.79 Å². The fraction of sp³-hybridized carbons (Fsp3) is 0.250. The molecule has 0 aliphatic heterocycles. The van der Waals surface area contributed by atoms with Crippen molar-refractivity contribution < 1.29 is 9.53 Å². The number of carbonyl (C=O) groups excluding carboxylic acids is 1. The largest absolute Gasteiger partial charge is 0.497 e. The molecule has 0 aliphatic rings. The second-order valence-electron chi connectivity index (χ2n) is 6.18. The molecule has 0 fully saturated rings. The van der Waals surface area contributed by atoms with E-state index in [2.05, 4.69) is 20.8 Å². The van der Waals surface area contributed by atoms with Crippen molar-refractivity contribution in [1.29, 1.82) is 0 Å². The number of methoxy groups -OCH3 is 1. The minimum atomic E-state index is -0.278. The summed E-state index contributed by atoms with van der Waals surface area (Å²) < 4.78 is 7.12. The van der Waals surface area contributed by atoms with E-state index in [1.807, 2.05) is 35.8 Å². The predicted octanol–water partition coefficient (Wildman–Crippen LogP) is 4.69. The van der Waals surface area contributed by atoms with Gasteiger partial charge in [0.25, 0.3) is 0 Å². The van der Waals surface area contributed by atoms with Crippen molar-refractivity contribution in [1.82, 2.24) is 25.4 Å². The minimum Gasteiger partial charge on any atom is -0.497 e. The smallest absolute Gasteiger partial charge is 0.315 e. The monoisotopic (exact) mass is 465 g/mol. The first-order valence-electron chi connectivity index (χ1n) is 9.19. The molecule has 0 atom stereocenters. The molecule has 0 saturated carbocycles. The number of aromatic nitrogens is 3. The van der Waals surface area contributed by atoms with Gasteiger partial charge in [-0.05, 0) is 42.8 Å². The lowest BCUT2D eigenvalue weighted by Crippen LogP contribution is -2.35. The van der Waals surface area contributed by atoms with Gasteiger partial charge < -0.3 is 15.4 Å². The van der Waals surface area contributed by atoms with Crippen molar-refractivity contribution >= 4 is 41.0 Å². The number of rotatable bonds is 8. The van der Waals surface area contributed by atoms with Gasteiger partial charge in [0.05, 0.1) is 24.4 Å². The van der Waals surface area contributed by atoms with Crippen LogP contribution in [0.4, 0.5) is 4.79 Å². The van der Waals surface area contributed by atoms with Crippen LogP contribution >= 0.6 is 35.0 Å². The average Bonchev–Trinajstić information content (AvgIpc) is 3.13. The average molecular weight is 466 g/mol. The van der Waals surface area contributed by atoms with Gasteiger partial charge in [0.15, 0.2) is 11.0 Å². The van der Waals surface area contributed by atoms with Crippen molar-refractivity contribution in [3.8, 4) is 11.4 Å². The number of amides is 2. The molecule has 158 valence electrons. The minimum absolute atomic E-state index is 0.192. The standard InChI is InChI=1S/C20H21Cl2N5O2S/c1-3-23-19(28)24-11-18-25-26-20(27(18)17-8-7-14(21)10-16(17)22)30-12-13-5-4-6-15(9-13)29-2/h4-10H,3,11-12H2,1-2H3,(H2,23,24,28). The lowest BCUT2D eigenvalue weighted by Gasteiger charge is -2.13. The number of hydrogen-bond acceptors (Lipinski definition) is 5. The molecular formula is C20H21Cl2N5O2S. The molecular weight excluding hydrogens is 445 g/mol. The van der Waals surface area contributed by atoms with Crippen molar-refractivity contribution in [2.45, 2.75) is 24.4 Å². The summed E-state index contributed by atoms with van der Waals surface area (Å²) in [5, 5.41) is 15.7. The normalized spacial score (nSPS) is 10.7. The zero-order valence-corrected chi connectivity index (χ0v) is 18.8. The molecule has 2 aromatic carbocycles. The Labute approximate surface area is 189 Å². The fourth-order valence-electron chi connectivity index (χ4n) is 2.71.